The van der Waals surface area contributed by atoms with Crippen molar-refractivity contribution in [2.24, 2.45) is 5.10 Å². The molecule has 2 aromatic heterocycles. The van der Waals surface area contributed by atoms with Crippen molar-refractivity contribution in [3.8, 4) is 11.3 Å². The molecule has 178 valence electrons. The number of rotatable bonds is 6. The molecule has 0 aliphatic carbocycles. The zero-order valence-electron chi connectivity index (χ0n) is 18.9. The van der Waals surface area contributed by atoms with Gasteiger partial charge in [0.05, 0.1) is 32.6 Å². The van der Waals surface area contributed by atoms with Crippen LogP contribution in [-0.2, 0) is 9.47 Å². The van der Waals surface area contributed by atoms with Crippen LogP contribution < -0.4 is 15.2 Å². The van der Waals surface area contributed by atoms with Gasteiger partial charge in [0.15, 0.2) is 0 Å². The molecule has 5 rings (SSSR count). The first-order valence-electron chi connectivity index (χ1n) is 11.2. The number of halogens is 1. The number of ether oxygens (including phenoxy) is 2. The molecule has 1 N–H and O–H groups in total. The van der Waals surface area contributed by atoms with E-state index in [1.807, 2.05) is 37.3 Å². The van der Waals surface area contributed by atoms with Gasteiger partial charge in [-0.05, 0) is 36.8 Å². The second kappa shape index (κ2) is 10.4. The summed E-state index contributed by atoms with van der Waals surface area (Å²) in [7, 11) is 0. The van der Waals surface area contributed by atoms with Gasteiger partial charge in [-0.1, -0.05) is 17.7 Å². The maximum absolute atomic E-state index is 6.14. The van der Waals surface area contributed by atoms with Gasteiger partial charge >= 0.3 is 0 Å². The van der Waals surface area contributed by atoms with Gasteiger partial charge in [-0.15, -0.1) is 0 Å². The van der Waals surface area contributed by atoms with E-state index in [4.69, 9.17) is 30.5 Å². The van der Waals surface area contributed by atoms with Crippen molar-refractivity contribution in [3.05, 3.63) is 46.7 Å². The molecule has 3 aromatic rings. The molecule has 2 aliphatic heterocycles. The number of aromatic nitrogens is 3. The number of hydrogen-bond donors (Lipinski definition) is 1. The number of nitrogens with zero attached hydrogens (tertiary/aromatic N) is 6. The Hall–Kier alpha value is -3.21. The van der Waals surface area contributed by atoms with Crippen LogP contribution in [0.25, 0.3) is 11.3 Å². The van der Waals surface area contributed by atoms with E-state index < -0.39 is 0 Å². The summed E-state index contributed by atoms with van der Waals surface area (Å²) in [6.45, 7) is 7.52. The fraction of sp³-hybridized carbons (Fsp3) is 0.391. The smallest absolute Gasteiger partial charge is 0.250 e. The molecular formula is C23H26ClN7O3. The zero-order chi connectivity index (χ0) is 23.3. The SMILES string of the molecule is Cc1ccc(Cl)cc1-c1ccc(/C=N/Nc2nc(N3CCOCC3)nc(N3CCOCC3)n2)o1. The van der Waals surface area contributed by atoms with Crippen LogP contribution in [-0.4, -0.2) is 73.8 Å². The predicted octanol–water partition coefficient (Wildman–Crippen LogP) is 3.21. The van der Waals surface area contributed by atoms with E-state index in [9.17, 15) is 0 Å². The Kier molecular flexibility index (Phi) is 6.89. The highest BCUT2D eigenvalue weighted by atomic mass is 35.5. The van der Waals surface area contributed by atoms with Gasteiger partial charge in [-0.3, -0.25) is 0 Å². The predicted molar refractivity (Wildman–Crippen MR) is 131 cm³/mol. The van der Waals surface area contributed by atoms with Crippen LogP contribution in [0.5, 0.6) is 0 Å². The first-order chi connectivity index (χ1) is 16.7. The van der Waals surface area contributed by atoms with Crippen molar-refractivity contribution in [3.63, 3.8) is 0 Å². The minimum atomic E-state index is 0.367. The van der Waals surface area contributed by atoms with Gasteiger partial charge in [-0.25, -0.2) is 5.43 Å². The van der Waals surface area contributed by atoms with Crippen molar-refractivity contribution in [2.45, 2.75) is 6.92 Å². The van der Waals surface area contributed by atoms with Crippen LogP contribution in [0, 0.1) is 6.92 Å². The van der Waals surface area contributed by atoms with Crippen molar-refractivity contribution >= 4 is 35.7 Å². The number of nitrogens with one attached hydrogen (secondary N) is 1. The minimum Gasteiger partial charge on any atom is -0.455 e. The number of morpholine rings is 2. The molecule has 0 atom stereocenters. The second-order valence-corrected chi connectivity index (χ2v) is 8.43. The van der Waals surface area contributed by atoms with E-state index in [-0.39, 0.29) is 0 Å². The lowest BCUT2D eigenvalue weighted by Gasteiger charge is -2.30. The minimum absolute atomic E-state index is 0.367. The van der Waals surface area contributed by atoms with E-state index >= 15 is 0 Å². The summed E-state index contributed by atoms with van der Waals surface area (Å²) in [5, 5.41) is 4.96. The molecule has 0 amide bonds. The van der Waals surface area contributed by atoms with Crippen molar-refractivity contribution in [2.75, 3.05) is 67.8 Å². The molecular weight excluding hydrogens is 458 g/mol. The van der Waals surface area contributed by atoms with Gasteiger partial charge in [-0.2, -0.15) is 20.1 Å². The summed E-state index contributed by atoms with van der Waals surface area (Å²) in [4.78, 5) is 18.0. The Morgan fingerprint density at radius 2 is 1.56 bits per heavy atom. The van der Waals surface area contributed by atoms with Crippen molar-refractivity contribution in [1.82, 2.24) is 15.0 Å². The Bertz CT molecular complexity index is 1120. The van der Waals surface area contributed by atoms with E-state index in [0.29, 0.717) is 55.1 Å². The lowest BCUT2D eigenvalue weighted by Crippen LogP contribution is -2.40. The molecule has 11 heteroatoms. The maximum Gasteiger partial charge on any atom is 0.250 e. The average Bonchev–Trinajstić information content (AvgIpc) is 3.35. The van der Waals surface area contributed by atoms with E-state index in [1.54, 1.807) is 6.21 Å². The standard InChI is InChI=1S/C23H26ClN7O3/c1-16-2-3-17(24)14-19(16)20-5-4-18(34-20)15-25-29-21-26-22(30-6-10-32-11-7-30)28-23(27-21)31-8-12-33-13-9-31/h2-5,14-15H,6-13H2,1H3,(H,26,27,28,29)/b25-15+. The average molecular weight is 484 g/mol. The molecule has 10 nitrogen and oxygen atoms in total. The molecule has 4 heterocycles. The van der Waals surface area contributed by atoms with Gasteiger partial charge in [0.1, 0.15) is 11.5 Å². The Morgan fingerprint density at radius 3 is 2.21 bits per heavy atom. The van der Waals surface area contributed by atoms with E-state index in [2.05, 4.69) is 30.3 Å². The lowest BCUT2D eigenvalue weighted by molar-refractivity contribution is 0.121. The number of furan rings is 1. The van der Waals surface area contributed by atoms with E-state index in [0.717, 1.165) is 43.1 Å². The molecule has 2 saturated heterocycles. The van der Waals surface area contributed by atoms with Crippen LogP contribution in [0.4, 0.5) is 17.8 Å². The first kappa shape index (κ1) is 22.6. The summed E-state index contributed by atoms with van der Waals surface area (Å²) in [5.74, 6) is 2.90. The monoisotopic (exact) mass is 483 g/mol. The third-order valence-corrected chi connectivity index (χ3v) is 5.88. The number of aryl methyl sites for hydroxylation is 1. The van der Waals surface area contributed by atoms with Crippen LogP contribution in [0.1, 0.15) is 11.3 Å². The quantitative estimate of drug-likeness (QED) is 0.418. The maximum atomic E-state index is 6.14. The zero-order valence-corrected chi connectivity index (χ0v) is 19.7. The summed E-state index contributed by atoms with van der Waals surface area (Å²) < 4.78 is 16.9. The topological polar surface area (TPSA) is 101 Å². The Labute approximate surface area is 202 Å². The second-order valence-electron chi connectivity index (χ2n) is 7.99. The molecule has 2 aliphatic rings. The molecule has 0 spiro atoms. The van der Waals surface area contributed by atoms with Crippen LogP contribution in [0.15, 0.2) is 39.9 Å². The lowest BCUT2D eigenvalue weighted by atomic mass is 10.1. The number of hydrazone groups is 1. The number of hydrogen-bond acceptors (Lipinski definition) is 10. The van der Waals surface area contributed by atoms with Crippen LogP contribution in [0.2, 0.25) is 5.02 Å². The van der Waals surface area contributed by atoms with E-state index in [1.165, 1.54) is 0 Å². The van der Waals surface area contributed by atoms with Crippen LogP contribution >= 0.6 is 11.6 Å². The molecule has 0 saturated carbocycles. The van der Waals surface area contributed by atoms with Gasteiger partial charge in [0.25, 0.3) is 0 Å². The Balaban J connectivity index is 1.34. The highest BCUT2D eigenvalue weighted by Crippen LogP contribution is 2.28. The molecule has 1 aromatic carbocycles. The normalized spacial score (nSPS) is 16.9. The molecule has 0 radical (unpaired) electrons. The summed E-state index contributed by atoms with van der Waals surface area (Å²) in [6.07, 6.45) is 1.59. The van der Waals surface area contributed by atoms with Crippen LogP contribution in [0.3, 0.4) is 0 Å². The highest BCUT2D eigenvalue weighted by Gasteiger charge is 2.20. The third-order valence-electron chi connectivity index (χ3n) is 5.65. The van der Waals surface area contributed by atoms with Gasteiger partial charge < -0.3 is 23.7 Å². The summed E-state index contributed by atoms with van der Waals surface area (Å²) >= 11 is 6.14. The third kappa shape index (κ3) is 5.30. The number of benzene rings is 1. The van der Waals surface area contributed by atoms with Gasteiger partial charge in [0.2, 0.25) is 17.8 Å². The molecule has 0 unspecified atom stereocenters. The first-order valence-corrected chi connectivity index (χ1v) is 11.6. The highest BCUT2D eigenvalue weighted by molar-refractivity contribution is 6.30. The Morgan fingerprint density at radius 1 is 0.912 bits per heavy atom. The molecule has 34 heavy (non-hydrogen) atoms. The summed E-state index contributed by atoms with van der Waals surface area (Å²) in [5.41, 5.74) is 4.96. The van der Waals surface area contributed by atoms with Gasteiger partial charge in [0, 0.05) is 36.8 Å². The van der Waals surface area contributed by atoms with Crippen molar-refractivity contribution in [1.29, 1.82) is 0 Å². The molecule has 0 bridgehead atoms. The molecule has 2 fully saturated rings. The summed E-state index contributed by atoms with van der Waals surface area (Å²) in [6, 6.07) is 9.47. The number of anilines is 3. The van der Waals surface area contributed by atoms with Crippen molar-refractivity contribution < 1.29 is 13.9 Å². The fourth-order valence-corrected chi connectivity index (χ4v) is 3.97. The largest absolute Gasteiger partial charge is 0.455 e. The fourth-order valence-electron chi connectivity index (χ4n) is 3.79.